The summed E-state index contributed by atoms with van der Waals surface area (Å²) in [5.41, 5.74) is 6.47. The predicted octanol–water partition coefficient (Wildman–Crippen LogP) is 6.73. The minimum Gasteiger partial charge on any atom is -0.491 e. The lowest BCUT2D eigenvalue weighted by Crippen LogP contribution is -2.32. The van der Waals surface area contributed by atoms with E-state index in [-0.39, 0.29) is 24.3 Å². The number of thioether (sulfide) groups is 1. The summed E-state index contributed by atoms with van der Waals surface area (Å²) < 4.78 is 8.15. The molecule has 1 saturated heterocycles. The summed E-state index contributed by atoms with van der Waals surface area (Å²) in [6, 6.07) is 24.5. The van der Waals surface area contributed by atoms with Crippen LogP contribution < -0.4 is 4.74 Å². The maximum Gasteiger partial charge on any atom is 0.293 e. The Labute approximate surface area is 215 Å². The molecule has 0 saturated carbocycles. The van der Waals surface area contributed by atoms with Crippen LogP contribution in [0.15, 0.2) is 77.7 Å². The van der Waals surface area contributed by atoms with E-state index < -0.39 is 0 Å². The SMILES string of the molecule is Cc1ccc(C)c(OCCN2C(=O)S/C(=C\c3c(C)n(Cc4ccccc4)c4ccccc34)C2=O)c1. The van der Waals surface area contributed by atoms with E-state index >= 15 is 0 Å². The van der Waals surface area contributed by atoms with Crippen LogP contribution in [0.1, 0.15) is 27.9 Å². The van der Waals surface area contributed by atoms with Crippen LogP contribution in [0.2, 0.25) is 0 Å². The van der Waals surface area contributed by atoms with E-state index in [1.54, 1.807) is 0 Å². The van der Waals surface area contributed by atoms with Crippen LogP contribution in [0.3, 0.4) is 0 Å². The number of fused-ring (bicyclic) bond motifs is 1. The normalized spacial score (nSPS) is 14.9. The van der Waals surface area contributed by atoms with Gasteiger partial charge in [-0.1, -0.05) is 60.7 Å². The molecule has 36 heavy (non-hydrogen) atoms. The Morgan fingerprint density at radius 1 is 0.917 bits per heavy atom. The first kappa shape index (κ1) is 23.9. The third-order valence-corrected chi connectivity index (χ3v) is 7.44. The molecule has 0 atom stereocenters. The fourth-order valence-corrected chi connectivity index (χ4v) is 5.39. The summed E-state index contributed by atoms with van der Waals surface area (Å²) in [5.74, 6) is 0.508. The molecule has 5 nitrogen and oxygen atoms in total. The van der Waals surface area contributed by atoms with Crippen LogP contribution in [0.25, 0.3) is 17.0 Å². The molecule has 5 rings (SSSR count). The van der Waals surface area contributed by atoms with Gasteiger partial charge in [0, 0.05) is 28.7 Å². The number of aromatic nitrogens is 1. The molecule has 1 aliphatic heterocycles. The van der Waals surface area contributed by atoms with E-state index in [2.05, 4.69) is 35.8 Å². The molecule has 4 aromatic rings. The summed E-state index contributed by atoms with van der Waals surface area (Å²) in [6.45, 7) is 7.25. The second-order valence-corrected chi connectivity index (χ2v) is 10.0. The van der Waals surface area contributed by atoms with Crippen molar-refractivity contribution in [3.8, 4) is 5.75 Å². The molecule has 3 aromatic carbocycles. The summed E-state index contributed by atoms with van der Waals surface area (Å²) >= 11 is 0.993. The molecule has 0 unspecified atom stereocenters. The van der Waals surface area contributed by atoms with E-state index in [4.69, 9.17) is 4.74 Å². The van der Waals surface area contributed by atoms with Crippen LogP contribution >= 0.6 is 11.8 Å². The van der Waals surface area contributed by atoms with Crippen LogP contribution in [-0.4, -0.2) is 33.8 Å². The van der Waals surface area contributed by atoms with E-state index in [0.29, 0.717) is 4.91 Å². The van der Waals surface area contributed by atoms with Gasteiger partial charge in [-0.2, -0.15) is 0 Å². The lowest BCUT2D eigenvalue weighted by atomic mass is 10.1. The van der Waals surface area contributed by atoms with Crippen LogP contribution in [-0.2, 0) is 11.3 Å². The summed E-state index contributed by atoms with van der Waals surface area (Å²) in [4.78, 5) is 27.6. The molecular weight excluding hydrogens is 468 g/mol. The maximum absolute atomic E-state index is 13.2. The lowest BCUT2D eigenvalue weighted by molar-refractivity contribution is -0.123. The van der Waals surface area contributed by atoms with Crippen molar-refractivity contribution in [3.63, 3.8) is 0 Å². The summed E-state index contributed by atoms with van der Waals surface area (Å²) in [5, 5.41) is 0.803. The zero-order valence-electron chi connectivity index (χ0n) is 20.7. The van der Waals surface area contributed by atoms with Crippen molar-refractivity contribution in [1.82, 2.24) is 9.47 Å². The van der Waals surface area contributed by atoms with Crippen LogP contribution in [0, 0.1) is 20.8 Å². The number of amides is 2. The molecule has 6 heteroatoms. The van der Waals surface area contributed by atoms with E-state index in [1.165, 1.54) is 10.5 Å². The van der Waals surface area contributed by atoms with Crippen molar-refractivity contribution in [1.29, 1.82) is 0 Å². The van der Waals surface area contributed by atoms with Gasteiger partial charge in [-0.25, -0.2) is 0 Å². The monoisotopic (exact) mass is 496 g/mol. The molecule has 1 fully saturated rings. The van der Waals surface area contributed by atoms with Crippen LogP contribution in [0.4, 0.5) is 4.79 Å². The number of imide groups is 1. The van der Waals surface area contributed by atoms with E-state index in [1.807, 2.05) is 68.5 Å². The Morgan fingerprint density at radius 2 is 1.67 bits per heavy atom. The minimum absolute atomic E-state index is 0.212. The number of benzene rings is 3. The molecule has 0 radical (unpaired) electrons. The first-order chi connectivity index (χ1) is 17.4. The third-order valence-electron chi connectivity index (χ3n) is 6.53. The molecule has 0 spiro atoms. The molecule has 1 aromatic heterocycles. The zero-order valence-corrected chi connectivity index (χ0v) is 21.5. The number of ether oxygens (including phenoxy) is 1. The number of rotatable bonds is 7. The van der Waals surface area contributed by atoms with Crippen molar-refractivity contribution in [2.24, 2.45) is 0 Å². The molecule has 182 valence electrons. The highest BCUT2D eigenvalue weighted by Gasteiger charge is 2.35. The van der Waals surface area contributed by atoms with E-state index in [0.717, 1.165) is 57.3 Å². The van der Waals surface area contributed by atoms with E-state index in [9.17, 15) is 9.59 Å². The largest absolute Gasteiger partial charge is 0.491 e. The molecule has 0 aliphatic carbocycles. The van der Waals surface area contributed by atoms with Gasteiger partial charge in [0.05, 0.1) is 11.4 Å². The van der Waals surface area contributed by atoms with Crippen molar-refractivity contribution in [2.75, 3.05) is 13.2 Å². The zero-order chi connectivity index (χ0) is 25.2. The number of nitrogens with zero attached hydrogens (tertiary/aromatic N) is 2. The standard InChI is InChI=1S/C30H28N2O3S/c1-20-13-14-21(2)27(17-20)35-16-15-31-29(33)28(36-30(31)34)18-25-22(3)32(19-23-9-5-4-6-10-23)26-12-8-7-11-24(25)26/h4-14,17-18H,15-16,19H2,1-3H3/b28-18-. The van der Waals surface area contributed by atoms with Crippen molar-refractivity contribution in [2.45, 2.75) is 27.3 Å². The van der Waals surface area contributed by atoms with Crippen molar-refractivity contribution >= 4 is 39.9 Å². The Balaban J connectivity index is 1.38. The number of carbonyl (C=O) groups excluding carboxylic acids is 2. The molecule has 0 N–H and O–H groups in total. The fourth-order valence-electron chi connectivity index (χ4n) is 4.54. The maximum atomic E-state index is 13.2. The highest BCUT2D eigenvalue weighted by Crippen LogP contribution is 2.36. The second-order valence-electron chi connectivity index (χ2n) is 9.04. The van der Waals surface area contributed by atoms with Gasteiger partial charge >= 0.3 is 0 Å². The number of aryl methyl sites for hydroxylation is 2. The molecular formula is C30H28N2O3S. The van der Waals surface area contributed by atoms with Gasteiger partial charge in [-0.15, -0.1) is 0 Å². The van der Waals surface area contributed by atoms with Crippen molar-refractivity contribution < 1.29 is 14.3 Å². The number of hydrogen-bond acceptors (Lipinski definition) is 4. The van der Waals surface area contributed by atoms with Gasteiger partial charge in [0.25, 0.3) is 11.1 Å². The average molecular weight is 497 g/mol. The quantitative estimate of drug-likeness (QED) is 0.266. The van der Waals surface area contributed by atoms with Gasteiger partial charge < -0.3 is 9.30 Å². The first-order valence-electron chi connectivity index (χ1n) is 12.0. The smallest absolute Gasteiger partial charge is 0.293 e. The molecule has 0 bridgehead atoms. The minimum atomic E-state index is -0.270. The fraction of sp³-hybridized carbons (Fsp3) is 0.200. The molecule has 1 aliphatic rings. The molecule has 2 heterocycles. The first-order valence-corrected chi connectivity index (χ1v) is 12.8. The Kier molecular flexibility index (Phi) is 6.70. The van der Waals surface area contributed by atoms with Gasteiger partial charge in [0.15, 0.2) is 0 Å². The molecule has 2 amide bonds. The number of carbonyl (C=O) groups is 2. The van der Waals surface area contributed by atoms with Gasteiger partial charge in [0.2, 0.25) is 0 Å². The summed E-state index contributed by atoms with van der Waals surface area (Å²) in [6.07, 6.45) is 1.87. The Morgan fingerprint density at radius 3 is 2.47 bits per heavy atom. The highest BCUT2D eigenvalue weighted by molar-refractivity contribution is 8.18. The van der Waals surface area contributed by atoms with Crippen molar-refractivity contribution in [3.05, 3.63) is 106 Å². The van der Waals surface area contributed by atoms with Gasteiger partial charge in [-0.05, 0) is 67.4 Å². The lowest BCUT2D eigenvalue weighted by Gasteiger charge is -2.14. The Hall–Kier alpha value is -3.77. The predicted molar refractivity (Wildman–Crippen MR) is 146 cm³/mol. The third kappa shape index (κ3) is 4.69. The van der Waals surface area contributed by atoms with Crippen LogP contribution in [0.5, 0.6) is 5.75 Å². The number of hydrogen-bond donors (Lipinski definition) is 0. The topological polar surface area (TPSA) is 51.5 Å². The Bertz CT molecular complexity index is 1490. The highest BCUT2D eigenvalue weighted by atomic mass is 32.2. The van der Waals surface area contributed by atoms with Gasteiger partial charge in [0.1, 0.15) is 12.4 Å². The van der Waals surface area contributed by atoms with Gasteiger partial charge in [-0.3, -0.25) is 14.5 Å². The average Bonchev–Trinajstić information content (AvgIpc) is 3.30. The summed E-state index contributed by atoms with van der Waals surface area (Å²) in [7, 11) is 0. The number of para-hydroxylation sites is 1. The second kappa shape index (κ2) is 10.1.